The molecule has 7 heteroatoms. The smallest absolute Gasteiger partial charge is 0.306 e. The number of nitrogens with zero attached hydrogens (tertiary/aromatic N) is 3. The van der Waals surface area contributed by atoms with Crippen molar-refractivity contribution in [2.45, 2.75) is 25.1 Å². The van der Waals surface area contributed by atoms with Gasteiger partial charge in [0.05, 0.1) is 30.1 Å². The molecule has 3 aliphatic heterocycles. The number of hydrogen-bond acceptors (Lipinski definition) is 5. The largest absolute Gasteiger partial charge is 0.497 e. The Morgan fingerprint density at radius 2 is 2.00 bits per heavy atom. The molecule has 3 heterocycles. The fourth-order valence-electron chi connectivity index (χ4n) is 5.27. The maximum Gasteiger partial charge on any atom is 0.306 e. The maximum atomic E-state index is 14.2. The van der Waals surface area contributed by atoms with Crippen LogP contribution in [-0.2, 0) is 10.5 Å². The molecule has 6 nitrogen and oxygen atoms in total. The second kappa shape index (κ2) is 7.99. The predicted molar refractivity (Wildman–Crippen MR) is 139 cm³/mol. The van der Waals surface area contributed by atoms with Crippen LogP contribution in [0, 0.1) is 6.92 Å². The van der Waals surface area contributed by atoms with Crippen LogP contribution in [0.4, 0.5) is 5.69 Å². The van der Waals surface area contributed by atoms with Gasteiger partial charge in [-0.15, -0.1) is 6.58 Å². The van der Waals surface area contributed by atoms with Crippen molar-refractivity contribution in [3.05, 3.63) is 100 Å². The molecule has 0 saturated carbocycles. The number of carbonyl (C=O) groups excluding carboxylic acids is 1. The van der Waals surface area contributed by atoms with E-state index in [0.29, 0.717) is 18.7 Å². The topological polar surface area (TPSA) is 54.4 Å². The van der Waals surface area contributed by atoms with Crippen molar-refractivity contribution in [1.82, 2.24) is 5.01 Å². The molecule has 0 aromatic heterocycles. The van der Waals surface area contributed by atoms with E-state index in [0.717, 1.165) is 43.9 Å². The standard InChI is InChI=1S/C28H24BrN3O3/c1-4-13-31-24-11-5-17(2)14-22(24)28(27(31)33)32-25(21-15-19(29)8-12-26(21)35-28)16-23(30-32)18-6-9-20(34-3)10-7-18/h4-12,14-15,25H,1,13,16H2,2-3H3/t25-,28+/m1/s1. The lowest BCUT2D eigenvalue weighted by atomic mass is 9.92. The number of hydrogen-bond donors (Lipinski definition) is 0. The molecule has 35 heavy (non-hydrogen) atoms. The third kappa shape index (κ3) is 3.14. The molecular formula is C28H24BrN3O3. The zero-order valence-corrected chi connectivity index (χ0v) is 21.1. The summed E-state index contributed by atoms with van der Waals surface area (Å²) in [5.74, 6) is 1.33. The van der Waals surface area contributed by atoms with Gasteiger partial charge in [0.1, 0.15) is 11.5 Å². The van der Waals surface area contributed by atoms with Crippen molar-refractivity contribution in [2.75, 3.05) is 18.6 Å². The van der Waals surface area contributed by atoms with Crippen molar-refractivity contribution in [3.8, 4) is 11.5 Å². The molecule has 3 aromatic rings. The highest BCUT2D eigenvalue weighted by Gasteiger charge is 2.63. The van der Waals surface area contributed by atoms with E-state index in [9.17, 15) is 4.79 Å². The monoisotopic (exact) mass is 529 g/mol. The maximum absolute atomic E-state index is 14.2. The molecule has 1 amide bonds. The summed E-state index contributed by atoms with van der Waals surface area (Å²) in [6.45, 7) is 6.28. The van der Waals surface area contributed by atoms with Gasteiger partial charge in [0.2, 0.25) is 0 Å². The number of benzene rings is 3. The average molecular weight is 530 g/mol. The van der Waals surface area contributed by atoms with Crippen LogP contribution in [0.2, 0.25) is 0 Å². The Morgan fingerprint density at radius 3 is 2.74 bits per heavy atom. The van der Waals surface area contributed by atoms with Gasteiger partial charge in [-0.2, -0.15) is 5.10 Å². The number of hydrazone groups is 1. The molecule has 0 fully saturated rings. The van der Waals surface area contributed by atoms with Gasteiger partial charge in [0.15, 0.2) is 0 Å². The summed E-state index contributed by atoms with van der Waals surface area (Å²) >= 11 is 3.60. The molecule has 3 aliphatic rings. The number of rotatable bonds is 4. The molecule has 0 radical (unpaired) electrons. The highest BCUT2D eigenvalue weighted by atomic mass is 79.9. The van der Waals surface area contributed by atoms with Gasteiger partial charge in [-0.25, -0.2) is 5.01 Å². The Bertz CT molecular complexity index is 1400. The van der Waals surface area contributed by atoms with Crippen molar-refractivity contribution < 1.29 is 14.3 Å². The molecule has 0 N–H and O–H groups in total. The van der Waals surface area contributed by atoms with Crippen LogP contribution in [0.25, 0.3) is 0 Å². The summed E-state index contributed by atoms with van der Waals surface area (Å²) in [6, 6.07) is 19.7. The number of methoxy groups -OCH3 is 1. The Labute approximate surface area is 212 Å². The Hall–Kier alpha value is -3.58. The molecule has 0 unspecified atom stereocenters. The van der Waals surface area contributed by atoms with Crippen LogP contribution in [0.15, 0.2) is 82.9 Å². The normalized spacial score (nSPS) is 21.9. The Morgan fingerprint density at radius 1 is 1.20 bits per heavy atom. The molecular weight excluding hydrogens is 506 g/mol. The van der Waals surface area contributed by atoms with Gasteiger partial charge in [-0.3, -0.25) is 4.79 Å². The third-order valence-electron chi connectivity index (χ3n) is 6.90. The van der Waals surface area contributed by atoms with E-state index in [2.05, 4.69) is 28.6 Å². The lowest BCUT2D eigenvalue weighted by Crippen LogP contribution is -2.57. The third-order valence-corrected chi connectivity index (χ3v) is 7.39. The number of fused-ring (bicyclic) bond motifs is 6. The van der Waals surface area contributed by atoms with Crippen LogP contribution in [-0.4, -0.2) is 30.3 Å². The van der Waals surface area contributed by atoms with E-state index in [1.807, 2.05) is 66.5 Å². The minimum atomic E-state index is -1.38. The van der Waals surface area contributed by atoms with Crippen LogP contribution in [0.1, 0.15) is 34.7 Å². The molecule has 0 saturated heterocycles. The lowest BCUT2D eigenvalue weighted by Gasteiger charge is -2.44. The summed E-state index contributed by atoms with van der Waals surface area (Å²) in [5, 5.41) is 6.95. The molecule has 176 valence electrons. The van der Waals surface area contributed by atoms with Gasteiger partial charge < -0.3 is 14.4 Å². The summed E-state index contributed by atoms with van der Waals surface area (Å²) in [5.41, 5.74) is 4.19. The van der Waals surface area contributed by atoms with Gasteiger partial charge in [-0.1, -0.05) is 33.6 Å². The summed E-state index contributed by atoms with van der Waals surface area (Å²) in [4.78, 5) is 15.9. The lowest BCUT2D eigenvalue weighted by molar-refractivity contribution is -0.163. The number of ether oxygens (including phenoxy) is 2. The van der Waals surface area contributed by atoms with Crippen molar-refractivity contribution in [2.24, 2.45) is 5.10 Å². The van der Waals surface area contributed by atoms with Crippen LogP contribution < -0.4 is 14.4 Å². The van der Waals surface area contributed by atoms with Crippen molar-refractivity contribution >= 4 is 33.2 Å². The highest BCUT2D eigenvalue weighted by Crippen LogP contribution is 2.56. The summed E-state index contributed by atoms with van der Waals surface area (Å²) < 4.78 is 13.0. The second-order valence-corrected chi connectivity index (χ2v) is 9.91. The molecule has 2 atom stereocenters. The van der Waals surface area contributed by atoms with E-state index < -0.39 is 5.72 Å². The highest BCUT2D eigenvalue weighted by molar-refractivity contribution is 9.10. The van der Waals surface area contributed by atoms with Crippen LogP contribution in [0.3, 0.4) is 0 Å². The average Bonchev–Trinajstić information content (AvgIpc) is 3.41. The number of aryl methyl sites for hydroxylation is 1. The quantitative estimate of drug-likeness (QED) is 0.407. The van der Waals surface area contributed by atoms with E-state index in [4.69, 9.17) is 14.6 Å². The van der Waals surface area contributed by atoms with Crippen LogP contribution in [0.5, 0.6) is 11.5 Å². The molecule has 0 bridgehead atoms. The zero-order valence-electron chi connectivity index (χ0n) is 19.5. The number of anilines is 1. The zero-order chi connectivity index (χ0) is 24.3. The van der Waals surface area contributed by atoms with Crippen molar-refractivity contribution in [3.63, 3.8) is 0 Å². The molecule has 1 spiro atoms. The van der Waals surface area contributed by atoms with Crippen molar-refractivity contribution in [1.29, 1.82) is 0 Å². The number of halogens is 1. The van der Waals surface area contributed by atoms with E-state index in [-0.39, 0.29) is 11.9 Å². The predicted octanol–water partition coefficient (Wildman–Crippen LogP) is 5.70. The fourth-order valence-corrected chi connectivity index (χ4v) is 5.65. The SMILES string of the molecule is C=CCN1C(=O)[C@@]2(Oc3ccc(Br)cc3[C@H]3CC(c4ccc(OC)cc4)=NN32)c2cc(C)ccc21. The minimum absolute atomic E-state index is 0.156. The molecule has 0 aliphatic carbocycles. The summed E-state index contributed by atoms with van der Waals surface area (Å²) in [6.07, 6.45) is 2.39. The van der Waals surface area contributed by atoms with Crippen LogP contribution >= 0.6 is 15.9 Å². The molecule has 3 aromatic carbocycles. The Balaban J connectivity index is 1.57. The van der Waals surface area contributed by atoms with Gasteiger partial charge in [0, 0.05) is 23.0 Å². The number of carbonyl (C=O) groups is 1. The molecule has 6 rings (SSSR count). The van der Waals surface area contributed by atoms with Gasteiger partial charge in [-0.05, 0) is 67.1 Å². The van der Waals surface area contributed by atoms with E-state index in [1.165, 1.54) is 0 Å². The first kappa shape index (κ1) is 21.9. The minimum Gasteiger partial charge on any atom is -0.497 e. The van der Waals surface area contributed by atoms with Gasteiger partial charge in [0.25, 0.3) is 5.91 Å². The first-order valence-electron chi connectivity index (χ1n) is 11.5. The van der Waals surface area contributed by atoms with E-state index in [1.54, 1.807) is 18.1 Å². The fraction of sp³-hybridized carbons (Fsp3) is 0.214. The first-order chi connectivity index (χ1) is 17.0. The Kier molecular flexibility index (Phi) is 5.00. The van der Waals surface area contributed by atoms with E-state index >= 15 is 0 Å². The van der Waals surface area contributed by atoms with Gasteiger partial charge >= 0.3 is 5.72 Å². The first-order valence-corrected chi connectivity index (χ1v) is 12.3. The number of amides is 1. The second-order valence-electron chi connectivity index (χ2n) is 8.99. The summed E-state index contributed by atoms with van der Waals surface area (Å²) in [7, 11) is 1.65.